The molecule has 1 amide bonds. The summed E-state index contributed by atoms with van der Waals surface area (Å²) in [5.41, 5.74) is 0.907. The van der Waals surface area contributed by atoms with Crippen molar-refractivity contribution < 1.29 is 4.79 Å². The molecular formula is C14H17N5O. The van der Waals surface area contributed by atoms with Crippen LogP contribution < -0.4 is 5.32 Å². The highest BCUT2D eigenvalue weighted by molar-refractivity contribution is 5.78. The number of pyridine rings is 1. The number of amides is 1. The van der Waals surface area contributed by atoms with Crippen LogP contribution in [0.3, 0.4) is 0 Å². The first-order chi connectivity index (χ1) is 9.83. The van der Waals surface area contributed by atoms with Crippen LogP contribution in [0.5, 0.6) is 0 Å². The number of H-pyrrole nitrogens is 1. The Hall–Kier alpha value is -2.24. The van der Waals surface area contributed by atoms with Gasteiger partial charge in [-0.2, -0.15) is 5.10 Å². The Labute approximate surface area is 117 Å². The van der Waals surface area contributed by atoms with Crippen molar-refractivity contribution in [3.05, 3.63) is 30.4 Å². The predicted octanol–water partition coefficient (Wildman–Crippen LogP) is 1.67. The Morgan fingerprint density at radius 2 is 2.05 bits per heavy atom. The lowest BCUT2D eigenvalue weighted by atomic mass is 10.1. The normalized spacial score (nSPS) is 15.4. The molecule has 6 heteroatoms. The van der Waals surface area contributed by atoms with Gasteiger partial charge < -0.3 is 5.32 Å². The van der Waals surface area contributed by atoms with Gasteiger partial charge in [0.15, 0.2) is 5.82 Å². The highest BCUT2D eigenvalue weighted by Gasteiger charge is 2.22. The summed E-state index contributed by atoms with van der Waals surface area (Å²) in [6.45, 7) is 0.396. The van der Waals surface area contributed by atoms with Crippen LogP contribution in [-0.2, 0) is 11.3 Å². The third-order valence-corrected chi connectivity index (χ3v) is 3.63. The summed E-state index contributed by atoms with van der Waals surface area (Å²) in [6, 6.07) is 3.70. The van der Waals surface area contributed by atoms with Gasteiger partial charge in [-0.3, -0.25) is 14.9 Å². The molecule has 2 aromatic heterocycles. The second kappa shape index (κ2) is 5.81. The van der Waals surface area contributed by atoms with Gasteiger partial charge in [-0.15, -0.1) is 0 Å². The quantitative estimate of drug-likeness (QED) is 0.886. The van der Waals surface area contributed by atoms with Crippen LogP contribution in [0.1, 0.15) is 31.5 Å². The molecule has 6 nitrogen and oxygen atoms in total. The predicted molar refractivity (Wildman–Crippen MR) is 73.4 cm³/mol. The zero-order valence-corrected chi connectivity index (χ0v) is 11.2. The summed E-state index contributed by atoms with van der Waals surface area (Å²) >= 11 is 0. The minimum absolute atomic E-state index is 0.129. The maximum absolute atomic E-state index is 11.9. The Morgan fingerprint density at radius 1 is 1.30 bits per heavy atom. The fourth-order valence-electron chi connectivity index (χ4n) is 2.51. The number of hydrogen-bond acceptors (Lipinski definition) is 4. The molecule has 0 spiro atoms. The second-order valence-corrected chi connectivity index (χ2v) is 5.04. The van der Waals surface area contributed by atoms with Crippen molar-refractivity contribution >= 4 is 5.91 Å². The van der Waals surface area contributed by atoms with Crippen LogP contribution in [0.2, 0.25) is 0 Å². The van der Waals surface area contributed by atoms with Crippen molar-refractivity contribution in [3.8, 4) is 11.4 Å². The van der Waals surface area contributed by atoms with Crippen LogP contribution in [0.4, 0.5) is 0 Å². The third-order valence-electron chi connectivity index (χ3n) is 3.63. The van der Waals surface area contributed by atoms with Gasteiger partial charge in [0.25, 0.3) is 0 Å². The van der Waals surface area contributed by atoms with Crippen LogP contribution in [0, 0.1) is 5.92 Å². The molecule has 0 radical (unpaired) electrons. The maximum atomic E-state index is 11.9. The third kappa shape index (κ3) is 2.84. The summed E-state index contributed by atoms with van der Waals surface area (Å²) in [5, 5.41) is 9.92. The zero-order chi connectivity index (χ0) is 13.8. The SMILES string of the molecule is O=C(NCc1nc(-c2ccncc2)n[nH]1)C1CCCC1. The van der Waals surface area contributed by atoms with E-state index in [0.29, 0.717) is 18.2 Å². The lowest BCUT2D eigenvalue weighted by Crippen LogP contribution is -2.29. The van der Waals surface area contributed by atoms with E-state index >= 15 is 0 Å². The van der Waals surface area contributed by atoms with Crippen molar-refractivity contribution in [1.29, 1.82) is 0 Å². The van der Waals surface area contributed by atoms with Crippen LogP contribution in [0.25, 0.3) is 11.4 Å². The molecule has 0 aliphatic heterocycles. The molecular weight excluding hydrogens is 254 g/mol. The van der Waals surface area contributed by atoms with E-state index in [1.165, 1.54) is 0 Å². The number of hydrogen-bond donors (Lipinski definition) is 2. The standard InChI is InChI=1S/C14H17N5O/c20-14(11-3-1-2-4-11)16-9-12-17-13(19-18-12)10-5-7-15-8-6-10/h5-8,11H,1-4,9H2,(H,16,20)(H,17,18,19). The van der Waals surface area contributed by atoms with Gasteiger partial charge in [0.1, 0.15) is 5.82 Å². The molecule has 20 heavy (non-hydrogen) atoms. The van der Waals surface area contributed by atoms with Gasteiger partial charge in [0.05, 0.1) is 6.54 Å². The fraction of sp³-hybridized carbons (Fsp3) is 0.429. The molecule has 0 bridgehead atoms. The Morgan fingerprint density at radius 3 is 2.80 bits per heavy atom. The average Bonchev–Trinajstić information content (AvgIpc) is 3.17. The maximum Gasteiger partial charge on any atom is 0.223 e. The molecule has 1 aliphatic rings. The van der Waals surface area contributed by atoms with Crippen molar-refractivity contribution in [2.75, 3.05) is 0 Å². The molecule has 104 valence electrons. The van der Waals surface area contributed by atoms with Crippen molar-refractivity contribution in [1.82, 2.24) is 25.5 Å². The fourth-order valence-corrected chi connectivity index (χ4v) is 2.51. The van der Waals surface area contributed by atoms with Gasteiger partial charge in [0, 0.05) is 23.9 Å². The number of carbonyl (C=O) groups excluding carboxylic acids is 1. The molecule has 1 aliphatic carbocycles. The summed E-state index contributed by atoms with van der Waals surface area (Å²) < 4.78 is 0. The molecule has 2 N–H and O–H groups in total. The Balaban J connectivity index is 1.59. The number of nitrogens with zero attached hydrogens (tertiary/aromatic N) is 3. The van der Waals surface area contributed by atoms with E-state index < -0.39 is 0 Å². The molecule has 2 heterocycles. The Kier molecular flexibility index (Phi) is 3.71. The summed E-state index contributed by atoms with van der Waals surface area (Å²) in [4.78, 5) is 20.2. The van der Waals surface area contributed by atoms with E-state index in [9.17, 15) is 4.79 Å². The topological polar surface area (TPSA) is 83.6 Å². The number of aromatic amines is 1. The summed E-state index contributed by atoms with van der Waals surface area (Å²) in [7, 11) is 0. The molecule has 0 atom stereocenters. The van der Waals surface area contributed by atoms with E-state index in [1.54, 1.807) is 12.4 Å². The van der Waals surface area contributed by atoms with Crippen LogP contribution in [-0.4, -0.2) is 26.1 Å². The van der Waals surface area contributed by atoms with Crippen LogP contribution in [0.15, 0.2) is 24.5 Å². The first-order valence-corrected chi connectivity index (χ1v) is 6.92. The number of rotatable bonds is 4. The van der Waals surface area contributed by atoms with Gasteiger partial charge in [0.2, 0.25) is 5.91 Å². The molecule has 0 aromatic carbocycles. The smallest absolute Gasteiger partial charge is 0.223 e. The number of nitrogens with one attached hydrogen (secondary N) is 2. The van der Waals surface area contributed by atoms with E-state index in [0.717, 1.165) is 31.2 Å². The Bertz CT molecular complexity index is 574. The van der Waals surface area contributed by atoms with E-state index in [2.05, 4.69) is 25.5 Å². The van der Waals surface area contributed by atoms with Crippen molar-refractivity contribution in [2.45, 2.75) is 32.2 Å². The van der Waals surface area contributed by atoms with Gasteiger partial charge in [-0.1, -0.05) is 12.8 Å². The second-order valence-electron chi connectivity index (χ2n) is 5.04. The lowest BCUT2D eigenvalue weighted by molar-refractivity contribution is -0.125. The number of aromatic nitrogens is 4. The van der Waals surface area contributed by atoms with E-state index in [-0.39, 0.29) is 11.8 Å². The highest BCUT2D eigenvalue weighted by Crippen LogP contribution is 2.24. The van der Waals surface area contributed by atoms with Crippen LogP contribution >= 0.6 is 0 Å². The molecule has 2 aromatic rings. The van der Waals surface area contributed by atoms with Crippen molar-refractivity contribution in [3.63, 3.8) is 0 Å². The molecule has 3 rings (SSSR count). The zero-order valence-electron chi connectivity index (χ0n) is 11.2. The molecule has 1 fully saturated rings. The minimum atomic E-state index is 0.129. The molecule has 0 saturated heterocycles. The lowest BCUT2D eigenvalue weighted by Gasteiger charge is -2.08. The number of carbonyl (C=O) groups is 1. The largest absolute Gasteiger partial charge is 0.349 e. The molecule has 1 saturated carbocycles. The first-order valence-electron chi connectivity index (χ1n) is 6.92. The van der Waals surface area contributed by atoms with E-state index in [1.807, 2.05) is 12.1 Å². The highest BCUT2D eigenvalue weighted by atomic mass is 16.1. The summed E-state index contributed by atoms with van der Waals surface area (Å²) in [6.07, 6.45) is 7.73. The first kappa shape index (κ1) is 12.8. The van der Waals surface area contributed by atoms with Gasteiger partial charge in [-0.25, -0.2) is 4.98 Å². The van der Waals surface area contributed by atoms with E-state index in [4.69, 9.17) is 0 Å². The summed E-state index contributed by atoms with van der Waals surface area (Å²) in [5.74, 6) is 1.60. The monoisotopic (exact) mass is 271 g/mol. The molecule has 0 unspecified atom stereocenters. The average molecular weight is 271 g/mol. The van der Waals surface area contributed by atoms with Crippen molar-refractivity contribution in [2.24, 2.45) is 5.92 Å². The minimum Gasteiger partial charge on any atom is -0.349 e. The van der Waals surface area contributed by atoms with Gasteiger partial charge >= 0.3 is 0 Å². The van der Waals surface area contributed by atoms with Gasteiger partial charge in [-0.05, 0) is 25.0 Å².